The summed E-state index contributed by atoms with van der Waals surface area (Å²) in [6.45, 7) is 11.9. The van der Waals surface area contributed by atoms with Crippen LogP contribution < -0.4 is 16.0 Å². The van der Waals surface area contributed by atoms with Crippen LogP contribution in [-0.4, -0.2) is 106 Å². The van der Waals surface area contributed by atoms with Gasteiger partial charge in [0.25, 0.3) is 0 Å². The number of carbonyl (C=O) groups is 3. The number of imide groups is 1. The van der Waals surface area contributed by atoms with Gasteiger partial charge < -0.3 is 30.2 Å². The predicted octanol–water partition coefficient (Wildman–Crippen LogP) is 5.28. The minimum atomic E-state index is -0.577. The zero-order valence-electron chi connectivity index (χ0n) is 27.1. The molecule has 4 amide bonds. The van der Waals surface area contributed by atoms with E-state index in [9.17, 15) is 14.4 Å². The first-order valence-electron chi connectivity index (χ1n) is 16.6. The Morgan fingerprint density at radius 1 is 0.833 bits per heavy atom. The third kappa shape index (κ3) is 19.9. The van der Waals surface area contributed by atoms with Crippen LogP contribution >= 0.6 is 0 Å². The Balaban J connectivity index is 2.31. The monoisotopic (exact) mass is 599 g/mol. The summed E-state index contributed by atoms with van der Waals surface area (Å²) in [5.41, 5.74) is 0. The normalized spacial score (nSPS) is 16.5. The van der Waals surface area contributed by atoms with Crippen molar-refractivity contribution in [2.45, 2.75) is 116 Å². The fourth-order valence-corrected chi connectivity index (χ4v) is 4.46. The number of unbranched alkanes of at least 4 members (excludes halogenated alkanes) is 9. The van der Waals surface area contributed by atoms with E-state index in [1.165, 1.54) is 4.90 Å². The highest BCUT2D eigenvalue weighted by molar-refractivity contribution is 5.90. The molecular weight excluding hydrogens is 538 g/mol. The highest BCUT2D eigenvalue weighted by Gasteiger charge is 2.32. The molecule has 0 aromatic carbocycles. The SMILES string of the molecule is CCCCCOC(=O)N(CCCCCCNC(=O)OC(COCCCC)CN1CC1C)C(=O)NCCCCCCNC. The molecule has 0 bridgehead atoms. The number of carbonyl (C=O) groups excluding carboxylic acids is 3. The molecule has 1 fully saturated rings. The molecule has 3 atom stereocenters. The van der Waals surface area contributed by atoms with Crippen LogP contribution in [0.5, 0.6) is 0 Å². The molecule has 0 spiro atoms. The smallest absolute Gasteiger partial charge is 0.417 e. The summed E-state index contributed by atoms with van der Waals surface area (Å²) < 4.78 is 16.7. The third-order valence-corrected chi connectivity index (χ3v) is 7.29. The predicted molar refractivity (Wildman–Crippen MR) is 167 cm³/mol. The fourth-order valence-electron chi connectivity index (χ4n) is 4.46. The molecule has 1 aliphatic heterocycles. The molecule has 246 valence electrons. The van der Waals surface area contributed by atoms with Gasteiger partial charge >= 0.3 is 18.2 Å². The summed E-state index contributed by atoms with van der Waals surface area (Å²) in [6.07, 6.45) is 10.9. The summed E-state index contributed by atoms with van der Waals surface area (Å²) in [6, 6.07) is 0.151. The highest BCUT2D eigenvalue weighted by atomic mass is 16.6. The average molecular weight is 600 g/mol. The first kappa shape index (κ1) is 37.9. The number of nitrogens with zero attached hydrogens (tertiary/aromatic N) is 2. The van der Waals surface area contributed by atoms with Crippen molar-refractivity contribution in [2.75, 3.05) is 66.1 Å². The summed E-state index contributed by atoms with van der Waals surface area (Å²) in [7, 11) is 1.95. The van der Waals surface area contributed by atoms with E-state index in [1.54, 1.807) is 0 Å². The van der Waals surface area contributed by atoms with Gasteiger partial charge in [-0.3, -0.25) is 4.90 Å². The molecule has 0 aromatic heterocycles. The maximum atomic E-state index is 12.8. The van der Waals surface area contributed by atoms with Crippen molar-refractivity contribution in [1.82, 2.24) is 25.8 Å². The number of nitrogens with one attached hydrogen (secondary N) is 3. The quantitative estimate of drug-likeness (QED) is 0.0907. The van der Waals surface area contributed by atoms with Crippen molar-refractivity contribution >= 4 is 18.2 Å². The van der Waals surface area contributed by atoms with Crippen LogP contribution in [0, 0.1) is 0 Å². The molecule has 0 aliphatic carbocycles. The minimum Gasteiger partial charge on any atom is -0.449 e. The molecule has 11 heteroatoms. The molecule has 1 aliphatic rings. The van der Waals surface area contributed by atoms with Crippen molar-refractivity contribution in [3.05, 3.63) is 0 Å². The maximum absolute atomic E-state index is 12.8. The largest absolute Gasteiger partial charge is 0.449 e. The zero-order chi connectivity index (χ0) is 30.8. The number of rotatable bonds is 26. The lowest BCUT2D eigenvalue weighted by Gasteiger charge is -2.21. The molecular formula is C31H61N5O6. The minimum absolute atomic E-state index is 0.274. The van der Waals surface area contributed by atoms with E-state index in [0.29, 0.717) is 58.5 Å². The van der Waals surface area contributed by atoms with Crippen LogP contribution in [0.1, 0.15) is 104 Å². The summed E-state index contributed by atoms with van der Waals surface area (Å²) in [4.78, 5) is 41.2. The molecule has 1 rings (SSSR count). The van der Waals surface area contributed by atoms with Crippen molar-refractivity contribution in [3.8, 4) is 0 Å². The van der Waals surface area contributed by atoms with Gasteiger partial charge in [0.05, 0.1) is 13.2 Å². The fraction of sp³-hybridized carbons (Fsp3) is 0.903. The van der Waals surface area contributed by atoms with Gasteiger partial charge in [0.2, 0.25) is 0 Å². The molecule has 0 aromatic rings. The highest BCUT2D eigenvalue weighted by Crippen LogP contribution is 2.17. The molecule has 0 saturated carbocycles. The Hall–Kier alpha value is -2.11. The van der Waals surface area contributed by atoms with Crippen molar-refractivity contribution in [3.63, 3.8) is 0 Å². The molecule has 42 heavy (non-hydrogen) atoms. The first-order chi connectivity index (χ1) is 20.4. The van der Waals surface area contributed by atoms with Gasteiger partial charge in [-0.05, 0) is 59.0 Å². The summed E-state index contributed by atoms with van der Waals surface area (Å²) in [5.74, 6) is 0. The first-order valence-corrected chi connectivity index (χ1v) is 16.6. The molecule has 3 N–H and O–H groups in total. The lowest BCUT2D eigenvalue weighted by atomic mass is 10.2. The Labute approximate surface area is 255 Å². The van der Waals surface area contributed by atoms with Gasteiger partial charge in [0, 0.05) is 45.4 Å². The van der Waals surface area contributed by atoms with Crippen LogP contribution in [0.4, 0.5) is 14.4 Å². The van der Waals surface area contributed by atoms with Gasteiger partial charge in [-0.2, -0.15) is 0 Å². The van der Waals surface area contributed by atoms with Crippen LogP contribution in [0.15, 0.2) is 0 Å². The number of hydrogen-bond acceptors (Lipinski definition) is 8. The molecule has 0 radical (unpaired) electrons. The van der Waals surface area contributed by atoms with E-state index in [-0.39, 0.29) is 12.1 Å². The topological polar surface area (TPSA) is 121 Å². The number of amides is 4. The van der Waals surface area contributed by atoms with Crippen molar-refractivity contribution in [2.24, 2.45) is 0 Å². The second-order valence-electron chi connectivity index (χ2n) is 11.3. The second-order valence-corrected chi connectivity index (χ2v) is 11.3. The van der Waals surface area contributed by atoms with E-state index in [1.807, 2.05) is 7.05 Å². The molecule has 1 heterocycles. The van der Waals surface area contributed by atoms with Crippen molar-refractivity contribution in [1.29, 1.82) is 0 Å². The number of hydrogen-bond donors (Lipinski definition) is 3. The molecule has 11 nitrogen and oxygen atoms in total. The lowest BCUT2D eigenvalue weighted by molar-refractivity contribution is 0.0126. The summed E-state index contributed by atoms with van der Waals surface area (Å²) in [5, 5.41) is 8.86. The Kier molecular flexibility index (Phi) is 22.9. The van der Waals surface area contributed by atoms with Gasteiger partial charge in [0.1, 0.15) is 6.10 Å². The average Bonchev–Trinajstić information content (AvgIpc) is 3.67. The van der Waals surface area contributed by atoms with Gasteiger partial charge in [-0.15, -0.1) is 0 Å². The Bertz CT molecular complexity index is 713. The van der Waals surface area contributed by atoms with Gasteiger partial charge in [-0.25, -0.2) is 19.3 Å². The number of urea groups is 1. The molecule has 1 saturated heterocycles. The van der Waals surface area contributed by atoms with Crippen LogP contribution in [0.25, 0.3) is 0 Å². The second kappa shape index (κ2) is 25.4. The van der Waals surface area contributed by atoms with E-state index in [0.717, 1.165) is 90.1 Å². The van der Waals surface area contributed by atoms with E-state index in [2.05, 4.69) is 41.6 Å². The Morgan fingerprint density at radius 3 is 2.12 bits per heavy atom. The van der Waals surface area contributed by atoms with Crippen LogP contribution in [0.2, 0.25) is 0 Å². The zero-order valence-corrected chi connectivity index (χ0v) is 27.1. The maximum Gasteiger partial charge on any atom is 0.417 e. The number of ether oxygens (including phenoxy) is 3. The van der Waals surface area contributed by atoms with E-state index >= 15 is 0 Å². The standard InChI is InChI=1S/C31H61N5O6/c1-5-7-17-23-41-31(39)36(29(37)33-19-14-10-9-13-18-32-4)21-16-12-11-15-20-34-30(38)42-28(25-35-24-27(35)3)26-40-22-8-6-2/h27-28,32H,5-26H2,1-4H3,(H,33,37)(H,34,38). The lowest BCUT2D eigenvalue weighted by Crippen LogP contribution is -2.45. The van der Waals surface area contributed by atoms with Crippen LogP contribution in [0.3, 0.4) is 0 Å². The summed E-state index contributed by atoms with van der Waals surface area (Å²) >= 11 is 0. The van der Waals surface area contributed by atoms with Gasteiger partial charge in [0.15, 0.2) is 0 Å². The van der Waals surface area contributed by atoms with E-state index < -0.39 is 12.2 Å². The van der Waals surface area contributed by atoms with Crippen LogP contribution in [-0.2, 0) is 14.2 Å². The van der Waals surface area contributed by atoms with Gasteiger partial charge in [-0.1, -0.05) is 58.8 Å². The number of alkyl carbamates (subject to hydrolysis) is 1. The van der Waals surface area contributed by atoms with E-state index in [4.69, 9.17) is 14.2 Å². The molecule has 3 unspecified atom stereocenters. The van der Waals surface area contributed by atoms with Crippen molar-refractivity contribution < 1.29 is 28.6 Å². The third-order valence-electron chi connectivity index (χ3n) is 7.29. The Morgan fingerprint density at radius 2 is 1.48 bits per heavy atom.